The van der Waals surface area contributed by atoms with Gasteiger partial charge in [0.15, 0.2) is 0 Å². The summed E-state index contributed by atoms with van der Waals surface area (Å²) in [7, 11) is 4.99. The molecule has 0 saturated heterocycles. The molecule has 1 unspecified atom stereocenters. The predicted octanol–water partition coefficient (Wildman–Crippen LogP) is 2.39. The van der Waals surface area contributed by atoms with Crippen molar-refractivity contribution in [3.63, 3.8) is 0 Å². The van der Waals surface area contributed by atoms with Crippen LogP contribution in [0, 0.1) is 5.92 Å². The number of carbonyl (C=O) groups is 2. The molecule has 1 aromatic carbocycles. The smallest absolute Gasteiger partial charge is 0.308 e. The molecule has 0 aliphatic rings. The van der Waals surface area contributed by atoms with Gasteiger partial charge in [-0.15, -0.1) is 0 Å². The third-order valence-electron chi connectivity index (χ3n) is 4.39. The highest BCUT2D eigenvalue weighted by molar-refractivity contribution is 5.71. The average Bonchev–Trinajstić information content (AvgIpc) is 2.65. The Hall–Kier alpha value is -2.28. The van der Waals surface area contributed by atoms with Crippen molar-refractivity contribution >= 4 is 11.9 Å². The van der Waals surface area contributed by atoms with Gasteiger partial charge in [0, 0.05) is 18.7 Å². The van der Waals surface area contributed by atoms with Crippen LogP contribution in [-0.4, -0.2) is 62.9 Å². The molecule has 1 N–H and O–H groups in total. The van der Waals surface area contributed by atoms with E-state index in [9.17, 15) is 14.7 Å². The maximum atomic E-state index is 11.7. The Bertz CT molecular complexity index is 606. The number of rotatable bonds is 12. The summed E-state index contributed by atoms with van der Waals surface area (Å²) < 4.78 is 15.8. The molecule has 7 nitrogen and oxygen atoms in total. The highest BCUT2D eigenvalue weighted by Crippen LogP contribution is 2.32. The van der Waals surface area contributed by atoms with Crippen LogP contribution >= 0.6 is 0 Å². The van der Waals surface area contributed by atoms with Crippen molar-refractivity contribution in [2.45, 2.75) is 33.1 Å². The van der Waals surface area contributed by atoms with Crippen LogP contribution in [0.5, 0.6) is 11.5 Å². The van der Waals surface area contributed by atoms with Gasteiger partial charge in [-0.05, 0) is 44.5 Å². The molecule has 0 fully saturated rings. The summed E-state index contributed by atoms with van der Waals surface area (Å²) in [5.74, 6) is -0.367. The molecule has 0 aliphatic heterocycles. The van der Waals surface area contributed by atoms with Crippen LogP contribution < -0.4 is 9.47 Å². The van der Waals surface area contributed by atoms with E-state index in [2.05, 4.69) is 0 Å². The van der Waals surface area contributed by atoms with Gasteiger partial charge in [0.05, 0.1) is 33.2 Å². The summed E-state index contributed by atoms with van der Waals surface area (Å²) in [6, 6.07) is 3.74. The maximum Gasteiger partial charge on any atom is 0.308 e. The molecule has 27 heavy (non-hydrogen) atoms. The zero-order chi connectivity index (χ0) is 20.4. The van der Waals surface area contributed by atoms with Gasteiger partial charge in [0.25, 0.3) is 0 Å². The summed E-state index contributed by atoms with van der Waals surface area (Å²) in [5, 5.41) is 9.62. The van der Waals surface area contributed by atoms with E-state index in [1.807, 2.05) is 24.0 Å². The number of carbonyl (C=O) groups excluding carboxylic acids is 1. The molecule has 152 valence electrons. The van der Waals surface area contributed by atoms with Crippen LogP contribution in [0.1, 0.15) is 31.4 Å². The van der Waals surface area contributed by atoms with Crippen LogP contribution in [0.3, 0.4) is 0 Å². The van der Waals surface area contributed by atoms with Gasteiger partial charge in [-0.1, -0.05) is 6.92 Å². The van der Waals surface area contributed by atoms with Gasteiger partial charge in [-0.2, -0.15) is 0 Å². The van der Waals surface area contributed by atoms with Gasteiger partial charge in [0.2, 0.25) is 0 Å². The standard InChI is InChI=1S/C20H31NO6/c1-6-16-17(25-4)11-14(12-18(16)26-5)10-15(20(23)24)13-21(3)9-8-19(22)27-7-2/h11-12,15H,6-10,13H2,1-5H3,(H,23,24). The molecule has 0 heterocycles. The van der Waals surface area contributed by atoms with Gasteiger partial charge < -0.3 is 24.2 Å². The molecule has 0 spiro atoms. The van der Waals surface area contributed by atoms with Crippen molar-refractivity contribution in [2.75, 3.05) is 41.0 Å². The number of esters is 1. The predicted molar refractivity (Wildman–Crippen MR) is 103 cm³/mol. The first kappa shape index (κ1) is 22.8. The highest BCUT2D eigenvalue weighted by atomic mass is 16.5. The van der Waals surface area contributed by atoms with Crippen LogP contribution in [0.2, 0.25) is 0 Å². The SMILES string of the molecule is CCOC(=O)CCN(C)CC(Cc1cc(OC)c(CC)c(OC)c1)C(=O)O. The van der Waals surface area contributed by atoms with Crippen molar-refractivity contribution in [1.29, 1.82) is 0 Å². The first-order valence-corrected chi connectivity index (χ1v) is 9.16. The first-order valence-electron chi connectivity index (χ1n) is 9.16. The van der Waals surface area contributed by atoms with Gasteiger partial charge in [0.1, 0.15) is 11.5 Å². The van der Waals surface area contributed by atoms with Crippen LogP contribution in [0.15, 0.2) is 12.1 Å². The van der Waals surface area contributed by atoms with E-state index in [4.69, 9.17) is 14.2 Å². The fourth-order valence-electron chi connectivity index (χ4n) is 3.00. The summed E-state index contributed by atoms with van der Waals surface area (Å²) in [4.78, 5) is 25.0. The number of hydrogen-bond acceptors (Lipinski definition) is 6. The molecule has 0 radical (unpaired) electrons. The Kier molecular flexibility index (Phi) is 9.64. The molecule has 0 bridgehead atoms. The van der Waals surface area contributed by atoms with Crippen molar-refractivity contribution in [2.24, 2.45) is 5.92 Å². The zero-order valence-electron chi connectivity index (χ0n) is 16.9. The number of hydrogen-bond donors (Lipinski definition) is 1. The molecule has 7 heteroatoms. The quantitative estimate of drug-likeness (QED) is 0.557. The van der Waals surface area contributed by atoms with Crippen molar-refractivity contribution in [3.8, 4) is 11.5 Å². The second-order valence-electron chi connectivity index (χ2n) is 6.39. The van der Waals surface area contributed by atoms with Gasteiger partial charge in [-0.25, -0.2) is 0 Å². The molecular formula is C20H31NO6. The van der Waals surface area contributed by atoms with Gasteiger partial charge >= 0.3 is 11.9 Å². The third kappa shape index (κ3) is 7.09. The summed E-state index contributed by atoms with van der Waals surface area (Å²) in [6.07, 6.45) is 1.34. The monoisotopic (exact) mass is 381 g/mol. The Balaban J connectivity index is 2.85. The van der Waals surface area contributed by atoms with Crippen LogP contribution in [-0.2, 0) is 27.2 Å². The molecule has 0 aromatic heterocycles. The van der Waals surface area contributed by atoms with E-state index in [-0.39, 0.29) is 12.4 Å². The zero-order valence-corrected chi connectivity index (χ0v) is 16.9. The van der Waals surface area contributed by atoms with Crippen molar-refractivity contribution in [3.05, 3.63) is 23.3 Å². The average molecular weight is 381 g/mol. The van der Waals surface area contributed by atoms with E-state index in [0.29, 0.717) is 37.6 Å². The van der Waals surface area contributed by atoms with E-state index < -0.39 is 11.9 Å². The normalized spacial score (nSPS) is 11.9. The molecule has 1 rings (SSSR count). The molecule has 0 amide bonds. The van der Waals surface area contributed by atoms with Crippen LogP contribution in [0.4, 0.5) is 0 Å². The number of carboxylic acids is 1. The Morgan fingerprint density at radius 1 is 1.15 bits per heavy atom. The Labute approximate surface area is 161 Å². The summed E-state index contributed by atoms with van der Waals surface area (Å²) in [6.45, 7) is 4.89. The number of ether oxygens (including phenoxy) is 3. The lowest BCUT2D eigenvalue weighted by Crippen LogP contribution is -2.33. The number of carboxylic acid groups (broad SMARTS) is 1. The van der Waals surface area contributed by atoms with E-state index in [1.54, 1.807) is 28.2 Å². The lowest BCUT2D eigenvalue weighted by Gasteiger charge is -2.22. The summed E-state index contributed by atoms with van der Waals surface area (Å²) >= 11 is 0. The third-order valence-corrected chi connectivity index (χ3v) is 4.39. The second kappa shape index (κ2) is 11.4. The fourth-order valence-corrected chi connectivity index (χ4v) is 3.00. The van der Waals surface area contributed by atoms with Crippen LogP contribution in [0.25, 0.3) is 0 Å². The lowest BCUT2D eigenvalue weighted by atomic mass is 9.96. The molecular weight excluding hydrogens is 350 g/mol. The largest absolute Gasteiger partial charge is 0.496 e. The summed E-state index contributed by atoms with van der Waals surface area (Å²) in [5.41, 5.74) is 1.80. The number of aliphatic carboxylic acids is 1. The minimum atomic E-state index is -0.879. The van der Waals surface area contributed by atoms with Crippen molar-refractivity contribution in [1.82, 2.24) is 4.90 Å². The molecule has 0 aliphatic carbocycles. The highest BCUT2D eigenvalue weighted by Gasteiger charge is 2.22. The maximum absolute atomic E-state index is 11.7. The molecule has 1 atom stereocenters. The number of methoxy groups -OCH3 is 2. The minimum absolute atomic E-state index is 0.240. The minimum Gasteiger partial charge on any atom is -0.496 e. The van der Waals surface area contributed by atoms with Crippen molar-refractivity contribution < 1.29 is 28.9 Å². The van der Waals surface area contributed by atoms with E-state index >= 15 is 0 Å². The lowest BCUT2D eigenvalue weighted by molar-refractivity contribution is -0.143. The Morgan fingerprint density at radius 3 is 2.19 bits per heavy atom. The molecule has 0 saturated carbocycles. The molecule has 1 aromatic rings. The number of nitrogens with zero attached hydrogens (tertiary/aromatic N) is 1. The fraction of sp³-hybridized carbons (Fsp3) is 0.600. The van der Waals surface area contributed by atoms with E-state index in [1.165, 1.54) is 0 Å². The first-order chi connectivity index (χ1) is 12.9. The topological polar surface area (TPSA) is 85.3 Å². The second-order valence-corrected chi connectivity index (χ2v) is 6.39. The number of benzene rings is 1. The van der Waals surface area contributed by atoms with Gasteiger partial charge in [-0.3, -0.25) is 9.59 Å². The Morgan fingerprint density at radius 2 is 1.74 bits per heavy atom. The van der Waals surface area contributed by atoms with E-state index in [0.717, 1.165) is 17.5 Å².